The van der Waals surface area contributed by atoms with Crippen LogP contribution in [0.4, 0.5) is 0 Å². The number of ether oxygens (including phenoxy) is 1. The minimum atomic E-state index is -0.157. The van der Waals surface area contributed by atoms with Crippen molar-refractivity contribution in [2.75, 3.05) is 13.7 Å². The molecule has 0 aliphatic carbocycles. The maximum atomic E-state index is 12.3. The molecule has 2 aromatic carbocycles. The molecule has 27 heavy (non-hydrogen) atoms. The number of amides is 1. The monoisotopic (exact) mass is 363 g/mol. The molecule has 6 nitrogen and oxygen atoms in total. The minimum Gasteiger partial charge on any atom is -0.484 e. The largest absolute Gasteiger partial charge is 0.484 e. The minimum absolute atomic E-state index is 0.0423. The van der Waals surface area contributed by atoms with E-state index in [0.29, 0.717) is 17.9 Å². The molecule has 0 saturated heterocycles. The second-order valence-electron chi connectivity index (χ2n) is 6.25. The summed E-state index contributed by atoms with van der Waals surface area (Å²) >= 11 is 0. The number of carbonyl (C=O) groups is 2. The Hall–Kier alpha value is -3.41. The number of Topliss-reactive ketones (excluding diaryl/α,β-unsaturated/α-hetero) is 1. The maximum absolute atomic E-state index is 12.3. The molecule has 138 valence electrons. The van der Waals surface area contributed by atoms with E-state index in [0.717, 1.165) is 11.3 Å². The summed E-state index contributed by atoms with van der Waals surface area (Å²) in [5.41, 5.74) is 2.45. The highest BCUT2D eigenvalue weighted by Gasteiger charge is 2.12. The van der Waals surface area contributed by atoms with Gasteiger partial charge in [0, 0.05) is 30.9 Å². The molecule has 0 bridgehead atoms. The highest BCUT2D eigenvalue weighted by atomic mass is 16.5. The van der Waals surface area contributed by atoms with Crippen molar-refractivity contribution in [1.29, 1.82) is 0 Å². The van der Waals surface area contributed by atoms with E-state index in [9.17, 15) is 9.59 Å². The zero-order valence-corrected chi connectivity index (χ0v) is 15.3. The predicted molar refractivity (Wildman–Crippen MR) is 102 cm³/mol. The van der Waals surface area contributed by atoms with Crippen LogP contribution in [0.25, 0.3) is 5.69 Å². The molecular weight excluding hydrogens is 342 g/mol. The van der Waals surface area contributed by atoms with Gasteiger partial charge in [-0.25, -0.2) is 4.68 Å². The number of benzene rings is 2. The number of rotatable bonds is 7. The third-order valence-electron chi connectivity index (χ3n) is 4.11. The number of likely N-dealkylation sites (N-methyl/N-ethyl adjacent to an activating group) is 1. The maximum Gasteiger partial charge on any atom is 0.260 e. The van der Waals surface area contributed by atoms with Crippen LogP contribution in [0.2, 0.25) is 0 Å². The summed E-state index contributed by atoms with van der Waals surface area (Å²) < 4.78 is 7.30. The van der Waals surface area contributed by atoms with Crippen molar-refractivity contribution < 1.29 is 14.3 Å². The summed E-state index contributed by atoms with van der Waals surface area (Å²) in [5.74, 6) is 0.302. The van der Waals surface area contributed by atoms with Crippen molar-refractivity contribution >= 4 is 11.7 Å². The quantitative estimate of drug-likeness (QED) is 0.605. The van der Waals surface area contributed by atoms with Gasteiger partial charge < -0.3 is 9.64 Å². The number of para-hydroxylation sites is 1. The van der Waals surface area contributed by atoms with Crippen molar-refractivity contribution in [1.82, 2.24) is 14.7 Å². The first-order valence-electron chi connectivity index (χ1n) is 8.59. The number of carbonyl (C=O) groups excluding carboxylic acids is 2. The normalized spacial score (nSPS) is 10.4. The van der Waals surface area contributed by atoms with E-state index in [2.05, 4.69) is 5.10 Å². The molecule has 1 heterocycles. The van der Waals surface area contributed by atoms with Crippen LogP contribution in [0.3, 0.4) is 0 Å². The van der Waals surface area contributed by atoms with E-state index in [1.807, 2.05) is 36.5 Å². The highest BCUT2D eigenvalue weighted by molar-refractivity contribution is 5.94. The van der Waals surface area contributed by atoms with Gasteiger partial charge in [-0.15, -0.1) is 0 Å². The molecule has 0 unspecified atom stereocenters. The van der Waals surface area contributed by atoms with Crippen molar-refractivity contribution in [3.8, 4) is 11.4 Å². The van der Waals surface area contributed by atoms with Gasteiger partial charge in [0.1, 0.15) is 5.75 Å². The smallest absolute Gasteiger partial charge is 0.260 e. The average molecular weight is 363 g/mol. The van der Waals surface area contributed by atoms with Crippen molar-refractivity contribution in [3.63, 3.8) is 0 Å². The van der Waals surface area contributed by atoms with Gasteiger partial charge in [0.05, 0.1) is 11.9 Å². The van der Waals surface area contributed by atoms with E-state index in [4.69, 9.17) is 4.74 Å². The molecule has 0 radical (unpaired) electrons. The van der Waals surface area contributed by atoms with Crippen molar-refractivity contribution in [2.24, 2.45) is 0 Å². The molecule has 3 aromatic rings. The fraction of sp³-hybridized carbons (Fsp3) is 0.190. The van der Waals surface area contributed by atoms with E-state index < -0.39 is 0 Å². The Morgan fingerprint density at radius 2 is 1.89 bits per heavy atom. The van der Waals surface area contributed by atoms with Gasteiger partial charge in [0.15, 0.2) is 12.4 Å². The summed E-state index contributed by atoms with van der Waals surface area (Å²) in [6, 6.07) is 16.6. The summed E-state index contributed by atoms with van der Waals surface area (Å²) in [7, 11) is 1.72. The average Bonchev–Trinajstić information content (AvgIpc) is 3.15. The lowest BCUT2D eigenvalue weighted by molar-refractivity contribution is -0.132. The molecule has 0 saturated carbocycles. The van der Waals surface area contributed by atoms with Gasteiger partial charge >= 0.3 is 0 Å². The number of nitrogens with zero attached hydrogens (tertiary/aromatic N) is 3. The molecule has 3 rings (SSSR count). The van der Waals surface area contributed by atoms with Crippen LogP contribution in [0.1, 0.15) is 22.8 Å². The lowest BCUT2D eigenvalue weighted by Gasteiger charge is -2.16. The third-order valence-corrected chi connectivity index (χ3v) is 4.11. The van der Waals surface area contributed by atoms with Crippen LogP contribution in [0.15, 0.2) is 67.0 Å². The standard InChI is InChI=1S/C21H21N3O3/c1-16(25)18-7-6-10-20(11-18)27-15-21(26)23(2)13-17-12-22-24(14-17)19-8-4-3-5-9-19/h3-12,14H,13,15H2,1-2H3. The number of ketones is 1. The van der Waals surface area contributed by atoms with Crippen molar-refractivity contribution in [3.05, 3.63) is 78.1 Å². The Labute approximate surface area is 158 Å². The van der Waals surface area contributed by atoms with Gasteiger partial charge in [-0.3, -0.25) is 9.59 Å². The molecule has 0 aliphatic rings. The van der Waals surface area contributed by atoms with Crippen LogP contribution >= 0.6 is 0 Å². The topological polar surface area (TPSA) is 64.4 Å². The molecule has 0 spiro atoms. The number of aromatic nitrogens is 2. The Balaban J connectivity index is 1.56. The molecule has 0 aliphatic heterocycles. The second-order valence-corrected chi connectivity index (χ2v) is 6.25. The van der Waals surface area contributed by atoms with Gasteiger partial charge in [-0.1, -0.05) is 30.3 Å². The fourth-order valence-electron chi connectivity index (χ4n) is 2.59. The SMILES string of the molecule is CC(=O)c1cccc(OCC(=O)N(C)Cc2cnn(-c3ccccc3)c2)c1. The predicted octanol–water partition coefficient (Wildman–Crippen LogP) is 3.11. The fourth-order valence-corrected chi connectivity index (χ4v) is 2.59. The van der Waals surface area contributed by atoms with E-state index in [1.165, 1.54) is 6.92 Å². The molecule has 1 amide bonds. The summed E-state index contributed by atoms with van der Waals surface area (Å²) in [5, 5.41) is 4.33. The molecular formula is C21H21N3O3. The summed E-state index contributed by atoms with van der Waals surface area (Å²) in [4.78, 5) is 25.3. The lowest BCUT2D eigenvalue weighted by atomic mass is 10.1. The van der Waals surface area contributed by atoms with Crippen LogP contribution in [-0.4, -0.2) is 40.0 Å². The van der Waals surface area contributed by atoms with E-state index >= 15 is 0 Å². The van der Waals surface area contributed by atoms with E-state index in [1.54, 1.807) is 47.1 Å². The van der Waals surface area contributed by atoms with E-state index in [-0.39, 0.29) is 18.3 Å². The van der Waals surface area contributed by atoms with Crippen LogP contribution < -0.4 is 4.74 Å². The van der Waals surface area contributed by atoms with Crippen LogP contribution in [0, 0.1) is 0 Å². The summed E-state index contributed by atoms with van der Waals surface area (Å²) in [6.07, 6.45) is 3.64. The summed E-state index contributed by atoms with van der Waals surface area (Å²) in [6.45, 7) is 1.83. The molecule has 0 fully saturated rings. The Morgan fingerprint density at radius 1 is 1.11 bits per heavy atom. The Bertz CT molecular complexity index is 935. The molecule has 0 N–H and O–H groups in total. The number of hydrogen-bond acceptors (Lipinski definition) is 4. The molecule has 6 heteroatoms. The third kappa shape index (κ3) is 4.82. The highest BCUT2D eigenvalue weighted by Crippen LogP contribution is 2.14. The Morgan fingerprint density at radius 3 is 2.63 bits per heavy atom. The van der Waals surface area contributed by atoms with Crippen molar-refractivity contribution in [2.45, 2.75) is 13.5 Å². The zero-order chi connectivity index (χ0) is 19.2. The lowest BCUT2D eigenvalue weighted by Crippen LogP contribution is -2.30. The first kappa shape index (κ1) is 18.4. The zero-order valence-electron chi connectivity index (χ0n) is 15.3. The Kier molecular flexibility index (Phi) is 5.66. The molecule has 1 aromatic heterocycles. The van der Waals surface area contributed by atoms with Gasteiger partial charge in [-0.2, -0.15) is 5.10 Å². The second kappa shape index (κ2) is 8.31. The van der Waals surface area contributed by atoms with Gasteiger partial charge in [-0.05, 0) is 31.2 Å². The first-order valence-corrected chi connectivity index (χ1v) is 8.59. The van der Waals surface area contributed by atoms with Crippen LogP contribution in [-0.2, 0) is 11.3 Å². The van der Waals surface area contributed by atoms with Gasteiger partial charge in [0.25, 0.3) is 5.91 Å². The van der Waals surface area contributed by atoms with Gasteiger partial charge in [0.2, 0.25) is 0 Å². The first-order chi connectivity index (χ1) is 13.0. The number of hydrogen-bond donors (Lipinski definition) is 0. The van der Waals surface area contributed by atoms with Crippen LogP contribution in [0.5, 0.6) is 5.75 Å². The molecule has 0 atom stereocenters.